The molecule has 1 heterocycles. The Hall–Kier alpha value is -2.66. The number of hydrogen-bond donors (Lipinski definition) is 1. The molecule has 4 rings (SSSR count). The number of fused-ring (bicyclic) bond motifs is 1. The molecule has 1 aliphatic heterocycles. The summed E-state index contributed by atoms with van der Waals surface area (Å²) in [5.41, 5.74) is 2.36. The van der Waals surface area contributed by atoms with Crippen LogP contribution in [0.1, 0.15) is 30.9 Å². The van der Waals surface area contributed by atoms with Crippen molar-refractivity contribution in [1.29, 1.82) is 0 Å². The first-order valence-electron chi connectivity index (χ1n) is 9.83. The number of nitrogens with zero attached hydrogens (tertiary/aromatic N) is 1. The monoisotopic (exact) mass is 412 g/mol. The molecule has 29 heavy (non-hydrogen) atoms. The molecule has 1 unspecified atom stereocenters. The lowest BCUT2D eigenvalue weighted by Crippen LogP contribution is -2.59. The molecule has 2 aromatic carbocycles. The van der Waals surface area contributed by atoms with E-state index in [-0.39, 0.29) is 6.03 Å². The standard InChI is InChI=1S/C23H25ClN2O3/c1-3-12-29-15-23(17-6-7-17)20-13-18(24)8-11-21(20)26(22(27)25-23)14-16-4-9-19(28-2)10-5-16/h3-5,8-13,17H,6-7,14-15H2,1-2H3,(H,25,27). The smallest absolute Gasteiger partial charge is 0.323 e. The lowest BCUT2D eigenvalue weighted by atomic mass is 9.82. The number of rotatable bonds is 7. The second kappa shape index (κ2) is 7.99. The highest BCUT2D eigenvalue weighted by Gasteiger charge is 2.53. The fourth-order valence-corrected chi connectivity index (χ4v) is 4.18. The van der Waals surface area contributed by atoms with Crippen molar-refractivity contribution in [2.45, 2.75) is 31.8 Å². The van der Waals surface area contributed by atoms with Crippen LogP contribution in [0.5, 0.6) is 5.75 Å². The van der Waals surface area contributed by atoms with E-state index in [4.69, 9.17) is 21.1 Å². The highest BCUT2D eigenvalue weighted by molar-refractivity contribution is 6.30. The molecule has 0 radical (unpaired) electrons. The first-order chi connectivity index (χ1) is 14.1. The van der Waals surface area contributed by atoms with Gasteiger partial charge in [0.05, 0.1) is 25.6 Å². The summed E-state index contributed by atoms with van der Waals surface area (Å²) >= 11 is 6.37. The second-order valence-corrected chi connectivity index (χ2v) is 7.99. The molecule has 2 aromatic rings. The number of benzene rings is 2. The van der Waals surface area contributed by atoms with E-state index in [0.717, 1.165) is 35.4 Å². The minimum absolute atomic E-state index is 0.119. The van der Waals surface area contributed by atoms with Gasteiger partial charge in [0.25, 0.3) is 0 Å². The van der Waals surface area contributed by atoms with Crippen LogP contribution in [-0.4, -0.2) is 19.7 Å². The lowest BCUT2D eigenvalue weighted by Gasteiger charge is -2.44. The zero-order valence-electron chi connectivity index (χ0n) is 16.7. The summed E-state index contributed by atoms with van der Waals surface area (Å²) in [5, 5.41) is 3.92. The van der Waals surface area contributed by atoms with Crippen LogP contribution in [0.4, 0.5) is 10.5 Å². The Morgan fingerprint density at radius 1 is 1.24 bits per heavy atom. The number of allylic oxidation sites excluding steroid dienone is 1. The number of carbonyl (C=O) groups is 1. The summed E-state index contributed by atoms with van der Waals surface area (Å²) < 4.78 is 11.0. The van der Waals surface area contributed by atoms with Gasteiger partial charge in [-0.1, -0.05) is 29.8 Å². The average Bonchev–Trinajstić information content (AvgIpc) is 3.57. The van der Waals surface area contributed by atoms with E-state index < -0.39 is 5.54 Å². The predicted molar refractivity (Wildman–Crippen MR) is 114 cm³/mol. The van der Waals surface area contributed by atoms with Crippen LogP contribution in [0, 0.1) is 5.92 Å². The molecule has 1 aliphatic carbocycles. The molecule has 2 aliphatic rings. The summed E-state index contributed by atoms with van der Waals surface area (Å²) in [6.45, 7) is 2.75. The molecular weight excluding hydrogens is 388 g/mol. The van der Waals surface area contributed by atoms with Crippen molar-refractivity contribution in [3.05, 3.63) is 71.0 Å². The van der Waals surface area contributed by atoms with Gasteiger partial charge >= 0.3 is 6.03 Å². The van der Waals surface area contributed by atoms with Crippen LogP contribution in [0.15, 0.2) is 54.8 Å². The van der Waals surface area contributed by atoms with Gasteiger partial charge in [-0.25, -0.2) is 4.79 Å². The summed E-state index contributed by atoms with van der Waals surface area (Å²) in [6, 6.07) is 13.4. The lowest BCUT2D eigenvalue weighted by molar-refractivity contribution is 0.123. The zero-order valence-corrected chi connectivity index (χ0v) is 17.4. The van der Waals surface area contributed by atoms with Gasteiger partial charge in [0.2, 0.25) is 0 Å². The summed E-state index contributed by atoms with van der Waals surface area (Å²) in [4.78, 5) is 15.0. The third-order valence-corrected chi connectivity index (χ3v) is 5.86. The Kier molecular flexibility index (Phi) is 5.41. The molecule has 2 amide bonds. The third-order valence-electron chi connectivity index (χ3n) is 5.62. The molecule has 6 heteroatoms. The summed E-state index contributed by atoms with van der Waals surface area (Å²) in [6.07, 6.45) is 5.64. The van der Waals surface area contributed by atoms with Crippen molar-refractivity contribution in [2.75, 3.05) is 18.6 Å². The average molecular weight is 413 g/mol. The molecule has 0 saturated heterocycles. The quantitative estimate of drug-likeness (QED) is 0.633. The van der Waals surface area contributed by atoms with Crippen molar-refractivity contribution >= 4 is 23.3 Å². The van der Waals surface area contributed by atoms with Gasteiger partial charge in [-0.15, -0.1) is 0 Å². The molecule has 1 atom stereocenters. The molecule has 5 nitrogen and oxygen atoms in total. The van der Waals surface area contributed by atoms with Crippen molar-refractivity contribution in [2.24, 2.45) is 5.92 Å². The molecule has 0 spiro atoms. The van der Waals surface area contributed by atoms with Gasteiger partial charge < -0.3 is 14.8 Å². The highest BCUT2D eigenvalue weighted by atomic mass is 35.5. The van der Waals surface area contributed by atoms with E-state index in [0.29, 0.717) is 24.1 Å². The van der Waals surface area contributed by atoms with Crippen LogP contribution < -0.4 is 15.0 Å². The number of carbonyl (C=O) groups excluding carboxylic acids is 1. The van der Waals surface area contributed by atoms with Gasteiger partial charge in [-0.2, -0.15) is 0 Å². The Bertz CT molecular complexity index is 924. The van der Waals surface area contributed by atoms with Crippen molar-refractivity contribution < 1.29 is 14.3 Å². The van der Waals surface area contributed by atoms with E-state index in [2.05, 4.69) is 5.32 Å². The zero-order chi connectivity index (χ0) is 20.4. The molecule has 1 saturated carbocycles. The second-order valence-electron chi connectivity index (χ2n) is 7.55. The van der Waals surface area contributed by atoms with Crippen LogP contribution >= 0.6 is 11.6 Å². The summed E-state index contributed by atoms with van der Waals surface area (Å²) in [7, 11) is 1.64. The highest BCUT2D eigenvalue weighted by Crippen LogP contribution is 2.51. The Balaban J connectivity index is 1.72. The number of nitrogens with one attached hydrogen (secondary N) is 1. The van der Waals surface area contributed by atoms with Gasteiger partial charge in [0.1, 0.15) is 17.9 Å². The normalized spacial score (nSPS) is 21.1. The maximum Gasteiger partial charge on any atom is 0.323 e. The molecular formula is C23H25ClN2O3. The Labute approximate surface area is 176 Å². The third kappa shape index (κ3) is 3.79. The van der Waals surface area contributed by atoms with E-state index in [1.807, 2.05) is 55.5 Å². The predicted octanol–water partition coefficient (Wildman–Crippen LogP) is 5.23. The maximum atomic E-state index is 13.2. The molecule has 0 bridgehead atoms. The fraction of sp³-hybridized carbons (Fsp3) is 0.348. The number of anilines is 1. The van der Waals surface area contributed by atoms with Gasteiger partial charge in [0.15, 0.2) is 0 Å². The van der Waals surface area contributed by atoms with Crippen molar-refractivity contribution in [3.63, 3.8) is 0 Å². The van der Waals surface area contributed by atoms with E-state index in [1.165, 1.54) is 0 Å². The van der Waals surface area contributed by atoms with Gasteiger partial charge in [0, 0.05) is 10.6 Å². The molecule has 1 N–H and O–H groups in total. The van der Waals surface area contributed by atoms with Crippen LogP contribution in [-0.2, 0) is 16.8 Å². The van der Waals surface area contributed by atoms with Crippen LogP contribution in [0.2, 0.25) is 5.02 Å². The Morgan fingerprint density at radius 3 is 2.66 bits per heavy atom. The van der Waals surface area contributed by atoms with Crippen molar-refractivity contribution in [3.8, 4) is 5.75 Å². The largest absolute Gasteiger partial charge is 0.499 e. The number of halogens is 1. The SMILES string of the molecule is CC=COCC1(C2CC2)NC(=O)N(Cc2ccc(OC)cc2)c2ccc(Cl)cc21. The van der Waals surface area contributed by atoms with Crippen LogP contribution in [0.25, 0.3) is 0 Å². The molecule has 152 valence electrons. The summed E-state index contributed by atoms with van der Waals surface area (Å²) in [5.74, 6) is 1.13. The number of hydrogen-bond acceptors (Lipinski definition) is 3. The van der Waals surface area contributed by atoms with Crippen LogP contribution in [0.3, 0.4) is 0 Å². The van der Waals surface area contributed by atoms with E-state index in [9.17, 15) is 4.79 Å². The molecule has 1 fully saturated rings. The minimum Gasteiger partial charge on any atom is -0.499 e. The number of methoxy groups -OCH3 is 1. The number of urea groups is 1. The molecule has 0 aromatic heterocycles. The van der Waals surface area contributed by atoms with Crippen molar-refractivity contribution in [1.82, 2.24) is 5.32 Å². The topological polar surface area (TPSA) is 50.8 Å². The number of ether oxygens (including phenoxy) is 2. The Morgan fingerprint density at radius 2 is 2.00 bits per heavy atom. The van der Waals surface area contributed by atoms with E-state index >= 15 is 0 Å². The van der Waals surface area contributed by atoms with Gasteiger partial charge in [-0.3, -0.25) is 4.90 Å². The van der Waals surface area contributed by atoms with Gasteiger partial charge in [-0.05, 0) is 61.6 Å². The first kappa shape index (κ1) is 19.6. The first-order valence-corrected chi connectivity index (χ1v) is 10.2. The minimum atomic E-state index is -0.562. The van der Waals surface area contributed by atoms with E-state index in [1.54, 1.807) is 18.3 Å². The number of amides is 2. The fourth-order valence-electron chi connectivity index (χ4n) is 4.01. The maximum absolute atomic E-state index is 13.2.